The lowest BCUT2D eigenvalue weighted by Crippen LogP contribution is -2.36. The van der Waals surface area contributed by atoms with Crippen molar-refractivity contribution in [3.63, 3.8) is 0 Å². The van der Waals surface area contributed by atoms with Crippen LogP contribution in [-0.2, 0) is 31.5 Å². The van der Waals surface area contributed by atoms with Crippen LogP contribution >= 0.6 is 0 Å². The number of halogens is 1. The highest BCUT2D eigenvalue weighted by Crippen LogP contribution is 2.24. The molecule has 0 bridgehead atoms. The van der Waals surface area contributed by atoms with Crippen LogP contribution < -0.4 is 5.32 Å². The average Bonchev–Trinajstić information content (AvgIpc) is 3.22. The molecular weight excluding hydrogens is 323 g/mol. The van der Waals surface area contributed by atoms with Gasteiger partial charge in [0.1, 0.15) is 11.5 Å². The van der Waals surface area contributed by atoms with Crippen LogP contribution in [0.15, 0.2) is 36.7 Å². The molecule has 0 unspecified atom stereocenters. The highest BCUT2D eigenvalue weighted by atomic mass is 19.1. The standard InChI is InChI=1S/C17H19FN6O/c1-23-9-13(7-20-23)17-16-11-25-15(10-24(16)22-21-17)8-19-6-12-2-4-14(18)5-3-12/h2-5,7,9,15,19H,6,8,10-11H2,1H3/t15-/m0/s1. The summed E-state index contributed by atoms with van der Waals surface area (Å²) in [5, 5.41) is 16.0. The number of fused-ring (bicyclic) bond motifs is 1. The Balaban J connectivity index is 1.35. The van der Waals surface area contributed by atoms with Gasteiger partial charge in [0.25, 0.3) is 0 Å². The summed E-state index contributed by atoms with van der Waals surface area (Å²) in [6, 6.07) is 6.49. The third kappa shape index (κ3) is 3.45. The first-order chi connectivity index (χ1) is 12.2. The van der Waals surface area contributed by atoms with Crippen molar-refractivity contribution in [2.45, 2.75) is 25.8 Å². The molecule has 25 heavy (non-hydrogen) atoms. The van der Waals surface area contributed by atoms with Gasteiger partial charge in [-0.3, -0.25) is 4.68 Å². The van der Waals surface area contributed by atoms with Crippen LogP contribution in [0.5, 0.6) is 0 Å². The molecule has 3 heterocycles. The van der Waals surface area contributed by atoms with E-state index < -0.39 is 0 Å². The molecule has 7 nitrogen and oxygen atoms in total. The van der Waals surface area contributed by atoms with Crippen LogP contribution in [0.2, 0.25) is 0 Å². The molecule has 2 aromatic heterocycles. The lowest BCUT2D eigenvalue weighted by molar-refractivity contribution is 0.00125. The van der Waals surface area contributed by atoms with Crippen molar-refractivity contribution in [1.29, 1.82) is 0 Å². The lowest BCUT2D eigenvalue weighted by Gasteiger charge is -2.24. The third-order valence-electron chi connectivity index (χ3n) is 4.26. The van der Waals surface area contributed by atoms with Crippen LogP contribution in [-0.4, -0.2) is 37.4 Å². The molecule has 0 fully saturated rings. The van der Waals surface area contributed by atoms with E-state index in [1.54, 1.807) is 23.0 Å². The summed E-state index contributed by atoms with van der Waals surface area (Å²) in [5.74, 6) is -0.220. The first-order valence-electron chi connectivity index (χ1n) is 8.17. The van der Waals surface area contributed by atoms with Crippen molar-refractivity contribution in [2.75, 3.05) is 6.54 Å². The molecule has 3 aromatic rings. The van der Waals surface area contributed by atoms with E-state index in [1.807, 2.05) is 17.9 Å². The molecule has 0 saturated carbocycles. The van der Waals surface area contributed by atoms with Gasteiger partial charge in [0.2, 0.25) is 0 Å². The molecule has 1 aliphatic rings. The van der Waals surface area contributed by atoms with Gasteiger partial charge >= 0.3 is 0 Å². The fourth-order valence-electron chi connectivity index (χ4n) is 2.94. The van der Waals surface area contributed by atoms with Gasteiger partial charge in [-0.2, -0.15) is 5.10 Å². The SMILES string of the molecule is Cn1cc(-c2nnn3c2CO[C@@H](CNCc2ccc(F)cc2)C3)cn1. The number of hydrogen-bond donors (Lipinski definition) is 1. The minimum Gasteiger partial charge on any atom is -0.369 e. The highest BCUT2D eigenvalue weighted by Gasteiger charge is 2.24. The summed E-state index contributed by atoms with van der Waals surface area (Å²) in [6.45, 7) is 2.49. The first kappa shape index (κ1) is 15.9. The summed E-state index contributed by atoms with van der Waals surface area (Å²) in [5.41, 5.74) is 3.78. The molecule has 0 amide bonds. The Labute approximate surface area is 144 Å². The van der Waals surface area contributed by atoms with Crippen LogP contribution in [0.1, 0.15) is 11.3 Å². The van der Waals surface area contributed by atoms with Crippen molar-refractivity contribution in [3.05, 3.63) is 53.7 Å². The number of nitrogens with zero attached hydrogens (tertiary/aromatic N) is 5. The monoisotopic (exact) mass is 342 g/mol. The minimum absolute atomic E-state index is 0.0244. The molecule has 1 N–H and O–H groups in total. The number of aromatic nitrogens is 5. The van der Waals surface area contributed by atoms with Gasteiger partial charge in [-0.15, -0.1) is 5.10 Å². The minimum atomic E-state index is -0.220. The second-order valence-corrected chi connectivity index (χ2v) is 6.16. The van der Waals surface area contributed by atoms with Gasteiger partial charge in [0.05, 0.1) is 31.1 Å². The molecule has 1 aliphatic heterocycles. The zero-order chi connectivity index (χ0) is 17.2. The van der Waals surface area contributed by atoms with E-state index in [-0.39, 0.29) is 11.9 Å². The summed E-state index contributed by atoms with van der Waals surface area (Å²) < 4.78 is 22.5. The molecule has 0 aliphatic carbocycles. The zero-order valence-electron chi connectivity index (χ0n) is 13.9. The van der Waals surface area contributed by atoms with Gasteiger partial charge in [-0.1, -0.05) is 17.3 Å². The summed E-state index contributed by atoms with van der Waals surface area (Å²) >= 11 is 0. The fourth-order valence-corrected chi connectivity index (χ4v) is 2.94. The molecule has 0 spiro atoms. The Kier molecular flexibility index (Phi) is 4.29. The maximum atomic E-state index is 12.9. The average molecular weight is 342 g/mol. The summed E-state index contributed by atoms with van der Waals surface area (Å²) in [7, 11) is 1.87. The summed E-state index contributed by atoms with van der Waals surface area (Å²) in [6.07, 6.45) is 3.72. The van der Waals surface area contributed by atoms with Crippen molar-refractivity contribution < 1.29 is 9.13 Å². The van der Waals surface area contributed by atoms with Crippen molar-refractivity contribution in [3.8, 4) is 11.3 Å². The second-order valence-electron chi connectivity index (χ2n) is 6.16. The smallest absolute Gasteiger partial charge is 0.123 e. The Morgan fingerprint density at radius 1 is 1.32 bits per heavy atom. The second kappa shape index (κ2) is 6.73. The molecule has 1 aromatic carbocycles. The van der Waals surface area contributed by atoms with E-state index in [0.717, 1.165) is 22.5 Å². The molecule has 1 atom stereocenters. The number of aryl methyl sites for hydroxylation is 1. The molecule has 8 heteroatoms. The largest absolute Gasteiger partial charge is 0.369 e. The Morgan fingerprint density at radius 2 is 2.16 bits per heavy atom. The molecule has 130 valence electrons. The third-order valence-corrected chi connectivity index (χ3v) is 4.26. The van der Waals surface area contributed by atoms with E-state index in [1.165, 1.54) is 12.1 Å². The number of ether oxygens (including phenoxy) is 1. The number of nitrogens with one attached hydrogen (secondary N) is 1. The quantitative estimate of drug-likeness (QED) is 0.761. The summed E-state index contributed by atoms with van der Waals surface area (Å²) in [4.78, 5) is 0. The number of benzene rings is 1. The topological polar surface area (TPSA) is 69.8 Å². The first-order valence-corrected chi connectivity index (χ1v) is 8.17. The van der Waals surface area contributed by atoms with Gasteiger partial charge < -0.3 is 10.1 Å². The highest BCUT2D eigenvalue weighted by molar-refractivity contribution is 5.59. The normalized spacial score (nSPS) is 16.8. The van der Waals surface area contributed by atoms with E-state index in [2.05, 4.69) is 20.7 Å². The predicted octanol–water partition coefficient (Wildman–Crippen LogP) is 1.51. The lowest BCUT2D eigenvalue weighted by atomic mass is 10.2. The number of rotatable bonds is 5. The van der Waals surface area contributed by atoms with Crippen molar-refractivity contribution in [1.82, 2.24) is 30.1 Å². The molecule has 0 radical (unpaired) electrons. The van der Waals surface area contributed by atoms with E-state index in [9.17, 15) is 4.39 Å². The van der Waals surface area contributed by atoms with Crippen LogP contribution in [0.3, 0.4) is 0 Å². The number of hydrogen-bond acceptors (Lipinski definition) is 5. The zero-order valence-corrected chi connectivity index (χ0v) is 13.9. The van der Waals surface area contributed by atoms with E-state index >= 15 is 0 Å². The van der Waals surface area contributed by atoms with E-state index in [0.29, 0.717) is 26.2 Å². The van der Waals surface area contributed by atoms with Crippen molar-refractivity contribution >= 4 is 0 Å². The van der Waals surface area contributed by atoms with Gasteiger partial charge in [0, 0.05) is 31.9 Å². The Bertz CT molecular complexity index is 856. The van der Waals surface area contributed by atoms with Gasteiger partial charge in [-0.25, -0.2) is 9.07 Å². The fraction of sp³-hybridized carbons (Fsp3) is 0.353. The molecule has 0 saturated heterocycles. The Morgan fingerprint density at radius 3 is 2.92 bits per heavy atom. The van der Waals surface area contributed by atoms with E-state index in [4.69, 9.17) is 4.74 Å². The van der Waals surface area contributed by atoms with Gasteiger partial charge in [-0.05, 0) is 17.7 Å². The maximum Gasteiger partial charge on any atom is 0.123 e. The van der Waals surface area contributed by atoms with Crippen LogP contribution in [0.4, 0.5) is 4.39 Å². The van der Waals surface area contributed by atoms with Crippen LogP contribution in [0.25, 0.3) is 11.3 Å². The molecular formula is C17H19FN6O. The Hall–Kier alpha value is -2.58. The predicted molar refractivity (Wildman–Crippen MR) is 88.9 cm³/mol. The maximum absolute atomic E-state index is 12.9. The van der Waals surface area contributed by atoms with Gasteiger partial charge in [0.15, 0.2) is 0 Å². The van der Waals surface area contributed by atoms with Crippen LogP contribution in [0, 0.1) is 5.82 Å². The van der Waals surface area contributed by atoms with Crippen molar-refractivity contribution in [2.24, 2.45) is 7.05 Å². The molecule has 4 rings (SSSR count).